The number of aryl methyl sites for hydroxylation is 2. The van der Waals surface area contributed by atoms with Gasteiger partial charge in [0.1, 0.15) is 10.6 Å². The molecule has 0 spiro atoms. The number of rotatable bonds is 7. The molecule has 1 aliphatic rings. The van der Waals surface area contributed by atoms with E-state index in [1.165, 1.54) is 17.5 Å². The predicted molar refractivity (Wildman–Crippen MR) is 134 cm³/mol. The number of ether oxygens (including phenoxy) is 1. The van der Waals surface area contributed by atoms with Crippen LogP contribution in [0.4, 0.5) is 5.00 Å². The maximum absolute atomic E-state index is 13.0. The van der Waals surface area contributed by atoms with Crippen molar-refractivity contribution in [3.05, 3.63) is 44.7 Å². The first-order valence-electron chi connectivity index (χ1n) is 11.9. The van der Waals surface area contributed by atoms with E-state index < -0.39 is 5.91 Å². The van der Waals surface area contributed by atoms with Crippen molar-refractivity contribution in [1.29, 1.82) is 0 Å². The normalized spacial score (nSPS) is 15.3. The van der Waals surface area contributed by atoms with Gasteiger partial charge in [0.2, 0.25) is 5.91 Å². The van der Waals surface area contributed by atoms with E-state index in [0.29, 0.717) is 34.2 Å². The zero-order valence-corrected chi connectivity index (χ0v) is 21.5. The molecule has 0 aromatic carbocycles. The summed E-state index contributed by atoms with van der Waals surface area (Å²) in [6, 6.07) is 0. The lowest BCUT2D eigenvalue weighted by Crippen LogP contribution is -2.19. The van der Waals surface area contributed by atoms with Gasteiger partial charge in [-0.05, 0) is 70.4 Å². The van der Waals surface area contributed by atoms with E-state index in [9.17, 15) is 14.4 Å². The molecular formula is C25H31N5O4S. The number of esters is 1. The predicted octanol–water partition coefficient (Wildman–Crippen LogP) is 3.77. The molecule has 3 N–H and O–H groups in total. The summed E-state index contributed by atoms with van der Waals surface area (Å²) < 4.78 is 7.07. The van der Waals surface area contributed by atoms with Crippen LogP contribution in [0.2, 0.25) is 0 Å². The number of thiophene rings is 1. The van der Waals surface area contributed by atoms with Crippen LogP contribution in [-0.4, -0.2) is 38.5 Å². The minimum atomic E-state index is -0.585. The van der Waals surface area contributed by atoms with Crippen LogP contribution in [-0.2, 0) is 28.8 Å². The quantitative estimate of drug-likeness (QED) is 0.478. The van der Waals surface area contributed by atoms with Gasteiger partial charge in [0.15, 0.2) is 5.65 Å². The average Bonchev–Trinajstić information content (AvgIpc) is 3.33. The summed E-state index contributed by atoms with van der Waals surface area (Å²) in [5.41, 5.74) is 10.0. The SMILES string of the molecule is Cc1nc2c(C(N)=O)cnn2c(C)c1CCC(=O)Nc1sc2c(c1C(=O)OC(C)C)CCC(C)C2. The molecule has 35 heavy (non-hydrogen) atoms. The third-order valence-corrected chi connectivity index (χ3v) is 7.56. The first kappa shape index (κ1) is 24.8. The Bertz CT molecular complexity index is 1320. The van der Waals surface area contributed by atoms with Crippen LogP contribution in [0.15, 0.2) is 6.20 Å². The topological polar surface area (TPSA) is 129 Å². The number of hydrogen-bond acceptors (Lipinski definition) is 7. The molecule has 0 aliphatic heterocycles. The molecule has 1 aliphatic carbocycles. The Morgan fingerprint density at radius 1 is 1.31 bits per heavy atom. The fourth-order valence-electron chi connectivity index (χ4n) is 4.60. The summed E-state index contributed by atoms with van der Waals surface area (Å²) in [4.78, 5) is 43.2. The van der Waals surface area contributed by atoms with Gasteiger partial charge in [0.05, 0.1) is 17.9 Å². The van der Waals surface area contributed by atoms with Crippen molar-refractivity contribution in [2.45, 2.75) is 72.8 Å². The van der Waals surface area contributed by atoms with E-state index >= 15 is 0 Å². The molecule has 0 radical (unpaired) electrons. The molecule has 1 atom stereocenters. The maximum atomic E-state index is 13.0. The second-order valence-corrected chi connectivity index (χ2v) is 10.6. The van der Waals surface area contributed by atoms with Gasteiger partial charge in [-0.25, -0.2) is 14.3 Å². The second kappa shape index (κ2) is 9.77. The number of nitrogens with two attached hydrogens (primary N) is 1. The minimum absolute atomic E-state index is 0.188. The van der Waals surface area contributed by atoms with Crippen LogP contribution >= 0.6 is 11.3 Å². The van der Waals surface area contributed by atoms with Crippen molar-refractivity contribution in [1.82, 2.24) is 14.6 Å². The Hall–Kier alpha value is -3.27. The summed E-state index contributed by atoms with van der Waals surface area (Å²) in [6.07, 6.45) is 4.53. The first-order chi connectivity index (χ1) is 16.6. The number of amides is 2. The lowest BCUT2D eigenvalue weighted by Gasteiger charge is -2.19. The monoisotopic (exact) mass is 497 g/mol. The molecule has 3 heterocycles. The van der Waals surface area contributed by atoms with E-state index in [2.05, 4.69) is 22.3 Å². The van der Waals surface area contributed by atoms with Crippen LogP contribution < -0.4 is 11.1 Å². The number of fused-ring (bicyclic) bond motifs is 2. The molecule has 10 heteroatoms. The fourth-order valence-corrected chi connectivity index (χ4v) is 6.02. The average molecular weight is 498 g/mol. The maximum Gasteiger partial charge on any atom is 0.341 e. The number of carbonyl (C=O) groups excluding carboxylic acids is 3. The highest BCUT2D eigenvalue weighted by atomic mass is 32.1. The number of carbonyl (C=O) groups is 3. The highest BCUT2D eigenvalue weighted by molar-refractivity contribution is 7.17. The number of anilines is 1. The minimum Gasteiger partial charge on any atom is -0.459 e. The highest BCUT2D eigenvalue weighted by Crippen LogP contribution is 2.40. The summed E-state index contributed by atoms with van der Waals surface area (Å²) in [7, 11) is 0. The molecule has 3 aromatic rings. The lowest BCUT2D eigenvalue weighted by molar-refractivity contribution is -0.116. The van der Waals surface area contributed by atoms with Gasteiger partial charge < -0.3 is 15.8 Å². The molecule has 9 nitrogen and oxygen atoms in total. The standard InChI is InChI=1S/C25H31N5O4S/c1-12(2)34-25(33)21-17-7-6-13(3)10-19(17)35-24(21)29-20(31)9-8-16-14(4)28-23-18(22(26)32)11-27-30(23)15(16)5/h11-13H,6-10H2,1-5H3,(H2,26,32)(H,29,31). The van der Waals surface area contributed by atoms with Crippen LogP contribution in [0.5, 0.6) is 0 Å². The Morgan fingerprint density at radius 3 is 2.74 bits per heavy atom. The van der Waals surface area contributed by atoms with Crippen molar-refractivity contribution >= 4 is 39.8 Å². The Morgan fingerprint density at radius 2 is 2.06 bits per heavy atom. The summed E-state index contributed by atoms with van der Waals surface area (Å²) >= 11 is 1.48. The third kappa shape index (κ3) is 4.93. The van der Waals surface area contributed by atoms with Crippen molar-refractivity contribution < 1.29 is 19.1 Å². The van der Waals surface area contributed by atoms with Crippen LogP contribution in [0.1, 0.15) is 81.7 Å². The van der Waals surface area contributed by atoms with Crippen LogP contribution in [0.3, 0.4) is 0 Å². The molecule has 4 rings (SSSR count). The number of aromatic nitrogens is 3. The van der Waals surface area contributed by atoms with Crippen molar-refractivity contribution in [3.8, 4) is 0 Å². The largest absolute Gasteiger partial charge is 0.459 e. The van der Waals surface area contributed by atoms with E-state index in [1.54, 1.807) is 4.52 Å². The van der Waals surface area contributed by atoms with Crippen molar-refractivity contribution in [2.75, 3.05) is 5.32 Å². The lowest BCUT2D eigenvalue weighted by atomic mass is 9.88. The van der Waals surface area contributed by atoms with Crippen LogP contribution in [0.25, 0.3) is 5.65 Å². The number of nitrogens with one attached hydrogen (secondary N) is 1. The fraction of sp³-hybridized carbons (Fsp3) is 0.480. The van der Waals surface area contributed by atoms with E-state index in [1.807, 2.05) is 27.7 Å². The molecule has 0 fully saturated rings. The van der Waals surface area contributed by atoms with E-state index in [4.69, 9.17) is 10.5 Å². The van der Waals surface area contributed by atoms with Gasteiger partial charge in [0.25, 0.3) is 5.91 Å². The van der Waals surface area contributed by atoms with Crippen LogP contribution in [0, 0.1) is 19.8 Å². The Balaban J connectivity index is 1.55. The summed E-state index contributed by atoms with van der Waals surface area (Å²) in [5, 5.41) is 7.78. The van der Waals surface area contributed by atoms with Crippen molar-refractivity contribution in [2.24, 2.45) is 11.7 Å². The van der Waals surface area contributed by atoms with Gasteiger partial charge in [-0.1, -0.05) is 6.92 Å². The Labute approximate surface area is 208 Å². The molecule has 186 valence electrons. The van der Waals surface area contributed by atoms with Crippen molar-refractivity contribution in [3.63, 3.8) is 0 Å². The molecule has 0 saturated carbocycles. The molecule has 0 saturated heterocycles. The van der Waals surface area contributed by atoms with Gasteiger partial charge >= 0.3 is 5.97 Å². The second-order valence-electron chi connectivity index (χ2n) is 9.48. The Kier molecular flexibility index (Phi) is 6.93. The van der Waals surface area contributed by atoms with E-state index in [-0.39, 0.29) is 30.0 Å². The molecular weight excluding hydrogens is 466 g/mol. The highest BCUT2D eigenvalue weighted by Gasteiger charge is 2.29. The number of primary amides is 1. The smallest absolute Gasteiger partial charge is 0.341 e. The van der Waals surface area contributed by atoms with E-state index in [0.717, 1.165) is 41.0 Å². The summed E-state index contributed by atoms with van der Waals surface area (Å²) in [5.74, 6) is -0.609. The molecule has 3 aromatic heterocycles. The zero-order valence-electron chi connectivity index (χ0n) is 20.7. The van der Waals surface area contributed by atoms with Gasteiger partial charge in [-0.2, -0.15) is 5.10 Å². The summed E-state index contributed by atoms with van der Waals surface area (Å²) in [6.45, 7) is 9.55. The van der Waals surface area contributed by atoms with Gasteiger partial charge in [0, 0.05) is 22.7 Å². The molecule has 1 unspecified atom stereocenters. The van der Waals surface area contributed by atoms with Gasteiger partial charge in [-0.15, -0.1) is 11.3 Å². The molecule has 2 amide bonds. The number of nitrogens with zero attached hydrogens (tertiary/aromatic N) is 3. The molecule has 0 bridgehead atoms. The zero-order chi connectivity index (χ0) is 25.4. The first-order valence-corrected chi connectivity index (χ1v) is 12.7. The third-order valence-electron chi connectivity index (χ3n) is 6.39. The number of hydrogen-bond donors (Lipinski definition) is 2. The van der Waals surface area contributed by atoms with Gasteiger partial charge in [-0.3, -0.25) is 9.59 Å².